The lowest BCUT2D eigenvalue weighted by atomic mass is 9.99. The highest BCUT2D eigenvalue weighted by atomic mass is 32.1. The average Bonchev–Trinajstić information content (AvgIpc) is 3.22. The van der Waals surface area contributed by atoms with Crippen molar-refractivity contribution >= 4 is 23.2 Å². The second-order valence-corrected chi connectivity index (χ2v) is 7.07. The summed E-state index contributed by atoms with van der Waals surface area (Å²) in [6.07, 6.45) is 5.24. The highest BCUT2D eigenvalue weighted by Gasteiger charge is 2.39. The maximum absolute atomic E-state index is 13.0. The van der Waals surface area contributed by atoms with Gasteiger partial charge < -0.3 is 14.5 Å². The number of thiazole rings is 1. The number of carbonyl (C=O) groups is 2. The minimum Gasteiger partial charge on any atom is -0.383 e. The molecule has 126 valence electrons. The molecule has 0 unspecified atom stereocenters. The largest absolute Gasteiger partial charge is 0.383 e. The molecule has 0 saturated carbocycles. The molecule has 2 fully saturated rings. The third-order valence-electron chi connectivity index (χ3n) is 4.65. The van der Waals surface area contributed by atoms with Crippen LogP contribution in [0.4, 0.5) is 0 Å². The zero-order valence-corrected chi connectivity index (χ0v) is 14.3. The third-order valence-corrected chi connectivity index (χ3v) is 5.53. The monoisotopic (exact) mass is 337 g/mol. The van der Waals surface area contributed by atoms with Crippen LogP contribution < -0.4 is 0 Å². The van der Waals surface area contributed by atoms with Gasteiger partial charge in [-0.3, -0.25) is 9.59 Å². The normalized spacial score (nSPS) is 25.2. The average molecular weight is 337 g/mol. The van der Waals surface area contributed by atoms with Gasteiger partial charge in [-0.25, -0.2) is 4.98 Å². The molecule has 7 heteroatoms. The first kappa shape index (κ1) is 16.4. The van der Waals surface area contributed by atoms with Crippen molar-refractivity contribution in [1.82, 2.24) is 14.8 Å². The first-order valence-corrected chi connectivity index (χ1v) is 9.05. The van der Waals surface area contributed by atoms with Gasteiger partial charge in [0.15, 0.2) is 0 Å². The standard InChI is InChI=1S/C16H23N3O3S/c1-22-8-7-18-11-12(10-14(18)20)16(21)19-6-3-2-4-13(19)15-17-5-9-23-15/h5,9,12-13H,2-4,6-8,10-11H2,1H3/t12-,13-/m0/s1. The van der Waals surface area contributed by atoms with Crippen molar-refractivity contribution in [2.75, 3.05) is 33.4 Å². The van der Waals surface area contributed by atoms with Crippen LogP contribution in [0.1, 0.15) is 36.7 Å². The number of nitrogens with zero attached hydrogens (tertiary/aromatic N) is 3. The Kier molecular flexibility index (Phi) is 5.27. The quantitative estimate of drug-likeness (QED) is 0.820. The summed E-state index contributed by atoms with van der Waals surface area (Å²) in [5.41, 5.74) is 0. The van der Waals surface area contributed by atoms with Gasteiger partial charge in [-0.2, -0.15) is 0 Å². The summed E-state index contributed by atoms with van der Waals surface area (Å²) in [7, 11) is 1.62. The van der Waals surface area contributed by atoms with Crippen LogP contribution in [0.3, 0.4) is 0 Å². The van der Waals surface area contributed by atoms with E-state index in [4.69, 9.17) is 4.74 Å². The van der Waals surface area contributed by atoms with E-state index >= 15 is 0 Å². The third kappa shape index (κ3) is 3.55. The minimum absolute atomic E-state index is 0.0585. The number of aromatic nitrogens is 1. The molecule has 2 aliphatic rings. The molecule has 2 atom stereocenters. The van der Waals surface area contributed by atoms with Crippen molar-refractivity contribution in [1.29, 1.82) is 0 Å². The van der Waals surface area contributed by atoms with Crippen molar-refractivity contribution in [2.45, 2.75) is 31.7 Å². The molecule has 0 bridgehead atoms. The summed E-state index contributed by atoms with van der Waals surface area (Å²) in [5, 5.41) is 2.97. The Labute approximate surface area is 140 Å². The van der Waals surface area contributed by atoms with Crippen molar-refractivity contribution in [2.24, 2.45) is 5.92 Å². The zero-order valence-electron chi connectivity index (χ0n) is 13.4. The molecule has 0 aliphatic carbocycles. The van der Waals surface area contributed by atoms with Gasteiger partial charge in [0.2, 0.25) is 11.8 Å². The Bertz CT molecular complexity index is 549. The molecule has 2 saturated heterocycles. The number of ether oxygens (including phenoxy) is 1. The molecule has 3 heterocycles. The van der Waals surface area contributed by atoms with E-state index in [-0.39, 0.29) is 23.8 Å². The van der Waals surface area contributed by atoms with Crippen LogP contribution in [0, 0.1) is 5.92 Å². The summed E-state index contributed by atoms with van der Waals surface area (Å²) in [4.78, 5) is 33.1. The molecule has 1 aromatic rings. The molecule has 6 nitrogen and oxygen atoms in total. The molecule has 0 N–H and O–H groups in total. The second kappa shape index (κ2) is 7.40. The number of hydrogen-bond donors (Lipinski definition) is 0. The van der Waals surface area contributed by atoms with E-state index in [1.807, 2.05) is 10.3 Å². The van der Waals surface area contributed by atoms with Gasteiger partial charge in [0.25, 0.3) is 0 Å². The van der Waals surface area contributed by atoms with Crippen LogP contribution in [-0.4, -0.2) is 59.9 Å². The van der Waals surface area contributed by atoms with Gasteiger partial charge in [0, 0.05) is 44.7 Å². The van der Waals surface area contributed by atoms with E-state index in [2.05, 4.69) is 4.98 Å². The lowest BCUT2D eigenvalue weighted by Gasteiger charge is -2.36. The van der Waals surface area contributed by atoms with E-state index in [0.29, 0.717) is 26.1 Å². The topological polar surface area (TPSA) is 62.7 Å². The fourth-order valence-corrected chi connectivity index (χ4v) is 4.23. The van der Waals surface area contributed by atoms with Crippen molar-refractivity contribution in [3.05, 3.63) is 16.6 Å². The number of hydrogen-bond acceptors (Lipinski definition) is 5. The molecular weight excluding hydrogens is 314 g/mol. The lowest BCUT2D eigenvalue weighted by Crippen LogP contribution is -2.42. The summed E-state index contributed by atoms with van der Waals surface area (Å²) >= 11 is 1.61. The fraction of sp³-hybridized carbons (Fsp3) is 0.688. The lowest BCUT2D eigenvalue weighted by molar-refractivity contribution is -0.139. The number of methoxy groups -OCH3 is 1. The number of likely N-dealkylation sites (tertiary alicyclic amines) is 2. The van der Waals surface area contributed by atoms with Gasteiger partial charge >= 0.3 is 0 Å². The smallest absolute Gasteiger partial charge is 0.228 e. The van der Waals surface area contributed by atoms with Crippen molar-refractivity contribution in [3.8, 4) is 0 Å². The molecule has 23 heavy (non-hydrogen) atoms. The van der Waals surface area contributed by atoms with Crippen LogP contribution in [-0.2, 0) is 14.3 Å². The molecule has 0 spiro atoms. The van der Waals surface area contributed by atoms with Crippen LogP contribution in [0.2, 0.25) is 0 Å². The minimum atomic E-state index is -0.222. The van der Waals surface area contributed by atoms with Crippen molar-refractivity contribution < 1.29 is 14.3 Å². The van der Waals surface area contributed by atoms with Crippen LogP contribution in [0.15, 0.2) is 11.6 Å². The predicted octanol–water partition coefficient (Wildman–Crippen LogP) is 1.69. The van der Waals surface area contributed by atoms with Gasteiger partial charge in [-0.05, 0) is 19.3 Å². The molecule has 0 aromatic carbocycles. The fourth-order valence-electron chi connectivity index (χ4n) is 3.44. The highest BCUT2D eigenvalue weighted by Crippen LogP contribution is 2.34. The zero-order chi connectivity index (χ0) is 16.2. The highest BCUT2D eigenvalue weighted by molar-refractivity contribution is 7.09. The molecule has 1 aromatic heterocycles. The summed E-state index contributed by atoms with van der Waals surface area (Å²) in [6.45, 7) is 2.36. The van der Waals surface area contributed by atoms with Gasteiger partial charge in [-0.1, -0.05) is 0 Å². The molecule has 2 amide bonds. The summed E-state index contributed by atoms with van der Waals surface area (Å²) in [5.74, 6) is -0.0544. The maximum atomic E-state index is 13.0. The molecular formula is C16H23N3O3S. The van der Waals surface area contributed by atoms with Crippen molar-refractivity contribution in [3.63, 3.8) is 0 Å². The summed E-state index contributed by atoms with van der Waals surface area (Å²) < 4.78 is 5.03. The van der Waals surface area contributed by atoms with E-state index in [1.54, 1.807) is 29.5 Å². The number of rotatable bonds is 5. The van der Waals surface area contributed by atoms with Gasteiger partial charge in [0.1, 0.15) is 5.01 Å². The van der Waals surface area contributed by atoms with Crippen LogP contribution >= 0.6 is 11.3 Å². The van der Waals surface area contributed by atoms with Gasteiger partial charge in [0.05, 0.1) is 18.6 Å². The summed E-state index contributed by atoms with van der Waals surface area (Å²) in [6, 6.07) is 0.0828. The van der Waals surface area contributed by atoms with Crippen LogP contribution in [0.5, 0.6) is 0 Å². The Morgan fingerprint density at radius 2 is 2.35 bits per heavy atom. The maximum Gasteiger partial charge on any atom is 0.228 e. The van der Waals surface area contributed by atoms with E-state index in [9.17, 15) is 9.59 Å². The molecule has 2 aliphatic heterocycles. The first-order valence-electron chi connectivity index (χ1n) is 8.17. The Hall–Kier alpha value is -1.47. The number of piperidine rings is 1. The molecule has 0 radical (unpaired) electrons. The van der Waals surface area contributed by atoms with E-state index in [1.165, 1.54) is 0 Å². The predicted molar refractivity (Wildman–Crippen MR) is 87.0 cm³/mol. The number of carbonyl (C=O) groups excluding carboxylic acids is 2. The van der Waals surface area contributed by atoms with E-state index in [0.717, 1.165) is 30.8 Å². The number of amides is 2. The Morgan fingerprint density at radius 1 is 1.48 bits per heavy atom. The Balaban J connectivity index is 1.68. The SMILES string of the molecule is COCCN1C[C@@H](C(=O)N2CCCC[C@H]2c2nccs2)CC1=O. The second-order valence-electron chi connectivity index (χ2n) is 6.15. The first-order chi connectivity index (χ1) is 11.2. The van der Waals surface area contributed by atoms with Gasteiger partial charge in [-0.15, -0.1) is 11.3 Å². The Morgan fingerprint density at radius 3 is 3.09 bits per heavy atom. The van der Waals surface area contributed by atoms with E-state index < -0.39 is 0 Å². The molecule has 3 rings (SSSR count). The van der Waals surface area contributed by atoms with Crippen LogP contribution in [0.25, 0.3) is 0 Å².